The zero-order valence-electron chi connectivity index (χ0n) is 6.27. The van der Waals surface area contributed by atoms with Crippen LogP contribution in [0.2, 0.25) is 0 Å². The van der Waals surface area contributed by atoms with E-state index in [4.69, 9.17) is 5.84 Å². The van der Waals surface area contributed by atoms with Crippen LogP contribution in [0.3, 0.4) is 0 Å². The minimum Gasteiger partial charge on any atom is -0.306 e. The second-order valence-electron chi connectivity index (χ2n) is 1.95. The summed E-state index contributed by atoms with van der Waals surface area (Å²) in [5.74, 6) is 3.31. The predicted molar refractivity (Wildman–Crippen MR) is 43.7 cm³/mol. The van der Waals surface area contributed by atoms with E-state index >= 15 is 0 Å². The number of pyridine rings is 1. The lowest BCUT2D eigenvalue weighted by Crippen LogP contribution is -2.11. The summed E-state index contributed by atoms with van der Waals surface area (Å²) in [4.78, 5) is 3.59. The van der Waals surface area contributed by atoms with Crippen LogP contribution in [-0.4, -0.2) is 11.2 Å². The van der Waals surface area contributed by atoms with Gasteiger partial charge in [0, 0.05) is 6.07 Å². The lowest BCUT2D eigenvalue weighted by Gasteiger charge is -2.03. The first-order chi connectivity index (χ1) is 5.69. The molecular formula is C6H7F2N3S. The van der Waals surface area contributed by atoms with E-state index in [-0.39, 0.29) is 10.8 Å². The van der Waals surface area contributed by atoms with Gasteiger partial charge in [-0.1, -0.05) is 0 Å². The van der Waals surface area contributed by atoms with Gasteiger partial charge in [-0.2, -0.15) is 0 Å². The molecule has 0 saturated heterocycles. The van der Waals surface area contributed by atoms with Crippen LogP contribution in [-0.2, 0) is 0 Å². The number of nitrogen functional groups attached to an aromatic ring is 1. The maximum absolute atomic E-state index is 12.8. The molecule has 3 nitrogen and oxygen atoms in total. The van der Waals surface area contributed by atoms with Crippen molar-refractivity contribution in [2.24, 2.45) is 5.84 Å². The first-order valence-electron chi connectivity index (χ1n) is 3.05. The number of aromatic nitrogens is 1. The van der Waals surface area contributed by atoms with Gasteiger partial charge in [0.2, 0.25) is 0 Å². The van der Waals surface area contributed by atoms with E-state index < -0.39 is 11.6 Å². The van der Waals surface area contributed by atoms with Crippen LogP contribution in [0.25, 0.3) is 0 Å². The molecule has 0 radical (unpaired) electrons. The SMILES string of the molecule is CSc1nc(NN)c(F)cc1F. The highest BCUT2D eigenvalue weighted by Crippen LogP contribution is 2.20. The molecule has 6 heteroatoms. The zero-order chi connectivity index (χ0) is 9.14. The summed E-state index contributed by atoms with van der Waals surface area (Å²) < 4.78 is 25.5. The summed E-state index contributed by atoms with van der Waals surface area (Å²) in [5.41, 5.74) is 2.03. The lowest BCUT2D eigenvalue weighted by molar-refractivity contribution is 0.551. The quantitative estimate of drug-likeness (QED) is 0.421. The molecule has 1 heterocycles. The highest BCUT2D eigenvalue weighted by Gasteiger charge is 2.09. The maximum atomic E-state index is 12.8. The molecule has 12 heavy (non-hydrogen) atoms. The van der Waals surface area contributed by atoms with Crippen LogP contribution in [0, 0.1) is 11.6 Å². The van der Waals surface area contributed by atoms with Gasteiger partial charge in [-0.15, -0.1) is 11.8 Å². The second kappa shape index (κ2) is 3.68. The molecule has 0 atom stereocenters. The van der Waals surface area contributed by atoms with Crippen molar-refractivity contribution in [2.45, 2.75) is 5.03 Å². The van der Waals surface area contributed by atoms with Crippen LogP contribution >= 0.6 is 11.8 Å². The Morgan fingerprint density at radius 3 is 2.67 bits per heavy atom. The molecular weight excluding hydrogens is 184 g/mol. The third kappa shape index (κ3) is 1.64. The molecule has 0 saturated carbocycles. The molecule has 0 aromatic carbocycles. The molecule has 0 spiro atoms. The van der Waals surface area contributed by atoms with Crippen molar-refractivity contribution in [3.05, 3.63) is 17.7 Å². The Hall–Kier alpha value is -0.880. The number of rotatable bonds is 2. The number of hydrazine groups is 1. The van der Waals surface area contributed by atoms with E-state index in [0.29, 0.717) is 0 Å². The monoisotopic (exact) mass is 191 g/mol. The normalized spacial score (nSPS) is 10.0. The third-order valence-electron chi connectivity index (χ3n) is 1.23. The highest BCUT2D eigenvalue weighted by molar-refractivity contribution is 7.98. The van der Waals surface area contributed by atoms with Crippen molar-refractivity contribution in [1.82, 2.24) is 4.98 Å². The highest BCUT2D eigenvalue weighted by atomic mass is 32.2. The van der Waals surface area contributed by atoms with E-state index in [2.05, 4.69) is 4.98 Å². The number of hydrogen-bond acceptors (Lipinski definition) is 4. The van der Waals surface area contributed by atoms with Gasteiger partial charge in [0.25, 0.3) is 0 Å². The molecule has 1 aromatic heterocycles. The van der Waals surface area contributed by atoms with Gasteiger partial charge in [-0.25, -0.2) is 19.6 Å². The fraction of sp³-hybridized carbons (Fsp3) is 0.167. The Labute approximate surface area is 72.3 Å². The zero-order valence-corrected chi connectivity index (χ0v) is 7.08. The number of thioether (sulfide) groups is 1. The minimum absolute atomic E-state index is 0.115. The Morgan fingerprint density at radius 1 is 1.50 bits per heavy atom. The first kappa shape index (κ1) is 9.21. The number of hydrogen-bond donors (Lipinski definition) is 2. The van der Waals surface area contributed by atoms with Crippen LogP contribution in [0.1, 0.15) is 0 Å². The summed E-state index contributed by atoms with van der Waals surface area (Å²) >= 11 is 1.09. The van der Waals surface area contributed by atoms with Gasteiger partial charge in [-0.05, 0) is 6.26 Å². The average Bonchev–Trinajstić information content (AvgIpc) is 2.05. The summed E-state index contributed by atoms with van der Waals surface area (Å²) in [6.07, 6.45) is 1.64. The third-order valence-corrected chi connectivity index (χ3v) is 1.90. The van der Waals surface area contributed by atoms with E-state index in [9.17, 15) is 8.78 Å². The van der Waals surface area contributed by atoms with Crippen LogP contribution in [0.15, 0.2) is 11.1 Å². The second-order valence-corrected chi connectivity index (χ2v) is 2.75. The fourth-order valence-corrected chi connectivity index (χ4v) is 1.13. The van der Waals surface area contributed by atoms with Crippen LogP contribution in [0.4, 0.5) is 14.6 Å². The van der Waals surface area contributed by atoms with Gasteiger partial charge in [0.15, 0.2) is 17.5 Å². The Kier molecular flexibility index (Phi) is 2.83. The first-order valence-corrected chi connectivity index (χ1v) is 4.28. The van der Waals surface area contributed by atoms with Crippen LogP contribution < -0.4 is 11.3 Å². The predicted octanol–water partition coefficient (Wildman–Crippen LogP) is 1.37. The van der Waals surface area contributed by atoms with Crippen molar-refractivity contribution >= 4 is 17.6 Å². The topological polar surface area (TPSA) is 50.9 Å². The molecule has 0 aliphatic heterocycles. The molecule has 0 aliphatic rings. The molecule has 0 unspecified atom stereocenters. The van der Waals surface area contributed by atoms with E-state index in [1.54, 1.807) is 6.26 Å². The maximum Gasteiger partial charge on any atom is 0.177 e. The van der Waals surface area contributed by atoms with Crippen molar-refractivity contribution in [2.75, 3.05) is 11.7 Å². The number of nitrogens with zero attached hydrogens (tertiary/aromatic N) is 1. The number of nitrogens with two attached hydrogens (primary N) is 1. The van der Waals surface area contributed by atoms with Gasteiger partial charge < -0.3 is 5.43 Å². The largest absolute Gasteiger partial charge is 0.306 e. The number of anilines is 1. The standard InChI is InChI=1S/C6H7F2N3S/c1-12-6-4(8)2-3(7)5(10-6)11-9/h2H,9H2,1H3,(H,10,11). The van der Waals surface area contributed by atoms with Crippen molar-refractivity contribution in [3.8, 4) is 0 Å². The van der Waals surface area contributed by atoms with Crippen molar-refractivity contribution in [3.63, 3.8) is 0 Å². The Bertz CT molecular complexity index is 267. The number of halogens is 2. The molecule has 0 aliphatic carbocycles. The summed E-state index contributed by atoms with van der Waals surface area (Å²) in [7, 11) is 0. The minimum atomic E-state index is -0.798. The van der Waals surface area contributed by atoms with E-state index in [0.717, 1.165) is 17.8 Å². The van der Waals surface area contributed by atoms with Gasteiger partial charge in [0.1, 0.15) is 5.03 Å². The molecule has 0 fully saturated rings. The lowest BCUT2D eigenvalue weighted by atomic mass is 10.4. The van der Waals surface area contributed by atoms with Gasteiger partial charge in [0.05, 0.1) is 0 Å². The fourth-order valence-electron chi connectivity index (χ4n) is 0.694. The molecule has 3 N–H and O–H groups in total. The number of nitrogens with one attached hydrogen (secondary N) is 1. The molecule has 1 rings (SSSR count). The van der Waals surface area contributed by atoms with Crippen molar-refractivity contribution in [1.29, 1.82) is 0 Å². The average molecular weight is 191 g/mol. The smallest absolute Gasteiger partial charge is 0.177 e. The van der Waals surface area contributed by atoms with E-state index in [1.165, 1.54) is 0 Å². The summed E-state index contributed by atoms with van der Waals surface area (Å²) in [5, 5.41) is 0.115. The van der Waals surface area contributed by atoms with Crippen molar-refractivity contribution < 1.29 is 8.78 Å². The molecule has 1 aromatic rings. The van der Waals surface area contributed by atoms with Gasteiger partial charge >= 0.3 is 0 Å². The molecule has 0 bridgehead atoms. The molecule has 0 amide bonds. The Balaban J connectivity index is 3.18. The summed E-state index contributed by atoms with van der Waals surface area (Å²) in [6.45, 7) is 0. The molecule has 66 valence electrons. The van der Waals surface area contributed by atoms with Crippen LogP contribution in [0.5, 0.6) is 0 Å². The Morgan fingerprint density at radius 2 is 2.17 bits per heavy atom. The van der Waals surface area contributed by atoms with Gasteiger partial charge in [-0.3, -0.25) is 0 Å². The summed E-state index contributed by atoms with van der Waals surface area (Å²) in [6, 6.07) is 0.744. The van der Waals surface area contributed by atoms with E-state index in [1.807, 2.05) is 5.43 Å².